The summed E-state index contributed by atoms with van der Waals surface area (Å²) in [6.45, 7) is 2.07. The normalized spacial score (nSPS) is 41.0. The van der Waals surface area contributed by atoms with Crippen molar-refractivity contribution in [3.63, 3.8) is 0 Å². The SMILES string of the molecule is Cc1ccc(S[C@@]23OC(=O)[C@@H](Cl)[C@@H]2[C@@H]2C=C[C@H]3C2)cc1. The van der Waals surface area contributed by atoms with E-state index in [0.29, 0.717) is 5.92 Å². The van der Waals surface area contributed by atoms with Crippen molar-refractivity contribution in [2.75, 3.05) is 0 Å². The highest BCUT2D eigenvalue weighted by atomic mass is 35.5. The number of aryl methyl sites for hydroxylation is 1. The maximum Gasteiger partial charge on any atom is 0.325 e. The van der Waals surface area contributed by atoms with Gasteiger partial charge < -0.3 is 4.74 Å². The summed E-state index contributed by atoms with van der Waals surface area (Å²) in [5, 5.41) is -0.507. The Morgan fingerprint density at radius 2 is 2.05 bits per heavy atom. The second kappa shape index (κ2) is 4.28. The van der Waals surface area contributed by atoms with Crippen molar-refractivity contribution in [3.05, 3.63) is 42.0 Å². The van der Waals surface area contributed by atoms with Gasteiger partial charge in [-0.2, -0.15) is 0 Å². The van der Waals surface area contributed by atoms with Gasteiger partial charge in [0.2, 0.25) is 0 Å². The molecule has 0 N–H and O–H groups in total. The van der Waals surface area contributed by atoms with Gasteiger partial charge in [0.1, 0.15) is 5.38 Å². The number of carbonyl (C=O) groups is 1. The van der Waals surface area contributed by atoms with Crippen molar-refractivity contribution in [2.24, 2.45) is 17.8 Å². The Balaban J connectivity index is 1.72. The summed E-state index contributed by atoms with van der Waals surface area (Å²) in [4.78, 5) is 12.6. The second-order valence-electron chi connectivity index (χ2n) is 5.88. The third-order valence-electron chi connectivity index (χ3n) is 4.66. The highest BCUT2D eigenvalue weighted by Crippen LogP contribution is 2.64. The number of hydrogen-bond donors (Lipinski definition) is 0. The zero-order valence-electron chi connectivity index (χ0n) is 11.1. The monoisotopic (exact) mass is 306 g/mol. The van der Waals surface area contributed by atoms with E-state index in [0.717, 1.165) is 11.3 Å². The number of ether oxygens (including phenoxy) is 1. The third-order valence-corrected chi connectivity index (χ3v) is 6.59. The molecule has 4 heteroatoms. The first-order valence-electron chi connectivity index (χ1n) is 6.91. The minimum absolute atomic E-state index is 0.0953. The highest BCUT2D eigenvalue weighted by Gasteiger charge is 2.67. The predicted molar refractivity (Wildman–Crippen MR) is 79.7 cm³/mol. The molecule has 0 aromatic heterocycles. The Morgan fingerprint density at radius 3 is 2.80 bits per heavy atom. The number of rotatable bonds is 2. The van der Waals surface area contributed by atoms with Gasteiger partial charge in [-0.25, -0.2) is 0 Å². The Labute approximate surface area is 127 Å². The summed E-state index contributed by atoms with van der Waals surface area (Å²) in [7, 11) is 0. The zero-order valence-corrected chi connectivity index (χ0v) is 12.7. The summed E-state index contributed by atoms with van der Waals surface area (Å²) in [5.41, 5.74) is 1.23. The number of alkyl halides is 1. The Morgan fingerprint density at radius 1 is 1.30 bits per heavy atom. The van der Waals surface area contributed by atoms with E-state index >= 15 is 0 Å². The maximum absolute atomic E-state index is 12.0. The lowest BCUT2D eigenvalue weighted by Gasteiger charge is -2.34. The van der Waals surface area contributed by atoms with E-state index in [1.54, 1.807) is 11.8 Å². The molecule has 1 saturated heterocycles. The largest absolute Gasteiger partial charge is 0.445 e. The smallest absolute Gasteiger partial charge is 0.325 e. The standard InChI is InChI=1S/C16H15ClO2S/c1-9-2-6-12(7-3-9)20-16-11-5-4-10(8-11)13(16)14(17)15(18)19-16/h2-7,10-11,13-14H,8H2,1H3/t10-,11+,13+,14+,16-/m1/s1. The molecule has 0 spiro atoms. The van der Waals surface area contributed by atoms with Gasteiger partial charge in [0.15, 0.2) is 4.93 Å². The van der Waals surface area contributed by atoms with Crippen molar-refractivity contribution in [1.29, 1.82) is 0 Å². The predicted octanol–water partition coefficient (Wildman–Crippen LogP) is 3.77. The average molecular weight is 307 g/mol. The molecule has 2 fully saturated rings. The molecule has 2 bridgehead atoms. The van der Waals surface area contributed by atoms with Gasteiger partial charge in [0, 0.05) is 16.7 Å². The minimum Gasteiger partial charge on any atom is -0.445 e. The summed E-state index contributed by atoms with van der Waals surface area (Å²) < 4.78 is 5.79. The van der Waals surface area contributed by atoms with Crippen LogP contribution in [0.15, 0.2) is 41.3 Å². The molecule has 4 rings (SSSR count). The molecule has 2 nitrogen and oxygen atoms in total. The van der Waals surface area contributed by atoms with Crippen molar-refractivity contribution >= 4 is 29.3 Å². The van der Waals surface area contributed by atoms with Crippen LogP contribution in [0.4, 0.5) is 0 Å². The van der Waals surface area contributed by atoms with Crippen molar-refractivity contribution in [1.82, 2.24) is 0 Å². The number of benzene rings is 1. The van der Waals surface area contributed by atoms with Gasteiger partial charge in [-0.1, -0.05) is 41.6 Å². The first kappa shape index (κ1) is 12.8. The van der Waals surface area contributed by atoms with Crippen LogP contribution in [0.2, 0.25) is 0 Å². The molecule has 5 atom stereocenters. The Kier molecular flexibility index (Phi) is 2.74. The first-order valence-corrected chi connectivity index (χ1v) is 8.16. The van der Waals surface area contributed by atoms with Gasteiger partial charge in [-0.15, -0.1) is 11.6 Å². The topological polar surface area (TPSA) is 26.3 Å². The molecule has 1 heterocycles. The van der Waals surface area contributed by atoms with Crippen LogP contribution in [0.25, 0.3) is 0 Å². The van der Waals surface area contributed by atoms with Crippen LogP contribution in [0.1, 0.15) is 12.0 Å². The molecule has 3 aliphatic rings. The fourth-order valence-electron chi connectivity index (χ4n) is 3.72. The number of allylic oxidation sites excluding steroid dienone is 1. The van der Waals surface area contributed by atoms with Crippen molar-refractivity contribution in [2.45, 2.75) is 28.6 Å². The Hall–Kier alpha value is -0.930. The zero-order chi connectivity index (χ0) is 13.9. The number of fused-ring (bicyclic) bond motifs is 5. The summed E-state index contributed by atoms with van der Waals surface area (Å²) in [6.07, 6.45) is 5.46. The minimum atomic E-state index is -0.507. The molecule has 20 heavy (non-hydrogen) atoms. The van der Waals surface area contributed by atoms with E-state index in [1.807, 2.05) is 0 Å². The van der Waals surface area contributed by atoms with Crippen LogP contribution in [-0.2, 0) is 9.53 Å². The lowest BCUT2D eigenvalue weighted by atomic mass is 9.89. The Bertz CT molecular complexity index is 595. The average Bonchev–Trinajstić information content (AvgIpc) is 3.06. The van der Waals surface area contributed by atoms with Crippen LogP contribution in [0, 0.1) is 24.7 Å². The highest BCUT2D eigenvalue weighted by molar-refractivity contribution is 8.00. The molecule has 1 saturated carbocycles. The molecule has 1 aromatic carbocycles. The number of hydrogen-bond acceptors (Lipinski definition) is 3. The van der Waals surface area contributed by atoms with Crippen LogP contribution in [-0.4, -0.2) is 16.3 Å². The van der Waals surface area contributed by atoms with E-state index in [-0.39, 0.29) is 17.8 Å². The molecular weight excluding hydrogens is 292 g/mol. The summed E-state index contributed by atoms with van der Waals surface area (Å²) >= 11 is 7.99. The fourth-order valence-corrected chi connectivity index (χ4v) is 5.75. The first-order chi connectivity index (χ1) is 9.60. The van der Waals surface area contributed by atoms with Crippen molar-refractivity contribution in [3.8, 4) is 0 Å². The van der Waals surface area contributed by atoms with Gasteiger partial charge in [-0.05, 0) is 31.4 Å². The van der Waals surface area contributed by atoms with Crippen LogP contribution in [0.3, 0.4) is 0 Å². The van der Waals surface area contributed by atoms with Crippen LogP contribution < -0.4 is 0 Å². The van der Waals surface area contributed by atoms with E-state index in [4.69, 9.17) is 16.3 Å². The molecule has 104 valence electrons. The molecule has 1 aliphatic heterocycles. The van der Waals surface area contributed by atoms with E-state index in [2.05, 4.69) is 43.3 Å². The van der Waals surface area contributed by atoms with Crippen LogP contribution in [0.5, 0.6) is 0 Å². The number of halogens is 1. The van der Waals surface area contributed by atoms with E-state index in [1.165, 1.54) is 5.56 Å². The van der Waals surface area contributed by atoms with Crippen LogP contribution >= 0.6 is 23.4 Å². The van der Waals surface area contributed by atoms with Gasteiger partial charge >= 0.3 is 5.97 Å². The van der Waals surface area contributed by atoms with Gasteiger partial charge in [-0.3, -0.25) is 4.79 Å². The summed E-state index contributed by atoms with van der Waals surface area (Å²) in [5.74, 6) is 0.510. The number of carbonyl (C=O) groups excluding carboxylic acids is 1. The van der Waals surface area contributed by atoms with Gasteiger partial charge in [0.25, 0.3) is 0 Å². The molecule has 0 unspecified atom stereocenters. The quantitative estimate of drug-likeness (QED) is 0.473. The van der Waals surface area contributed by atoms with Gasteiger partial charge in [0.05, 0.1) is 0 Å². The number of thioether (sulfide) groups is 1. The van der Waals surface area contributed by atoms with E-state index < -0.39 is 10.3 Å². The third kappa shape index (κ3) is 1.63. The second-order valence-corrected chi connectivity index (χ2v) is 7.66. The molecule has 0 amide bonds. The van der Waals surface area contributed by atoms with Crippen molar-refractivity contribution < 1.29 is 9.53 Å². The molecule has 2 aliphatic carbocycles. The fraction of sp³-hybridized carbons (Fsp3) is 0.438. The number of esters is 1. The molecule has 1 aromatic rings. The van der Waals surface area contributed by atoms with E-state index in [9.17, 15) is 4.79 Å². The lowest BCUT2D eigenvalue weighted by molar-refractivity contribution is -0.144. The lowest BCUT2D eigenvalue weighted by Crippen LogP contribution is -2.37. The molecule has 0 radical (unpaired) electrons. The summed E-state index contributed by atoms with van der Waals surface area (Å²) in [6, 6.07) is 8.37. The maximum atomic E-state index is 12.0. The molecular formula is C16H15ClO2S.